The maximum Gasteiger partial charge on any atom is 0.338 e. The van der Waals surface area contributed by atoms with E-state index in [1.165, 1.54) is 0 Å². The number of rotatable bonds is 7. The van der Waals surface area contributed by atoms with Gasteiger partial charge in [0.2, 0.25) is 0 Å². The summed E-state index contributed by atoms with van der Waals surface area (Å²) < 4.78 is 10.4. The third-order valence-corrected chi connectivity index (χ3v) is 4.16. The number of ether oxygens (including phenoxy) is 2. The van der Waals surface area contributed by atoms with Crippen molar-refractivity contribution in [3.05, 3.63) is 78.4 Å². The molecule has 0 amide bonds. The molecule has 3 rings (SSSR count). The Kier molecular flexibility index (Phi) is 6.23. The molecule has 1 N–H and O–H groups in total. The van der Waals surface area contributed by atoms with Gasteiger partial charge in [-0.15, -0.1) is 0 Å². The normalized spacial score (nSPS) is 10.4. The second-order valence-electron chi connectivity index (χ2n) is 5.97. The second kappa shape index (κ2) is 9.01. The molecule has 0 radical (unpaired) electrons. The van der Waals surface area contributed by atoms with Crippen LogP contribution in [-0.2, 0) is 4.74 Å². The van der Waals surface area contributed by atoms with Gasteiger partial charge in [0.25, 0.3) is 0 Å². The summed E-state index contributed by atoms with van der Waals surface area (Å²) in [6, 6.07) is 23.6. The molecule has 0 saturated heterocycles. The molecule has 0 saturated carbocycles. The lowest BCUT2D eigenvalue weighted by molar-refractivity contribution is 0.0434. The van der Waals surface area contributed by atoms with Gasteiger partial charge < -0.3 is 14.6 Å². The Morgan fingerprint density at radius 3 is 1.67 bits per heavy atom. The van der Waals surface area contributed by atoms with E-state index < -0.39 is 5.97 Å². The molecule has 27 heavy (non-hydrogen) atoms. The number of carbonyl (C=O) groups excluding carboxylic acids is 1. The number of hydrogen-bond acceptors (Lipinski definition) is 4. The molecule has 0 atom stereocenters. The first-order valence-electron chi connectivity index (χ1n) is 8.93. The van der Waals surface area contributed by atoms with Crippen LogP contribution in [0, 0.1) is 0 Å². The zero-order chi connectivity index (χ0) is 19.1. The molecule has 4 nitrogen and oxygen atoms in total. The topological polar surface area (TPSA) is 55.8 Å². The molecule has 4 heteroatoms. The van der Waals surface area contributed by atoms with Crippen LogP contribution in [0.4, 0.5) is 0 Å². The molecule has 138 valence electrons. The fourth-order valence-electron chi connectivity index (χ4n) is 2.79. The lowest BCUT2D eigenvalue weighted by Gasteiger charge is -2.08. The maximum absolute atomic E-state index is 11.8. The summed E-state index contributed by atoms with van der Waals surface area (Å²) in [6.07, 6.45) is 0. The van der Waals surface area contributed by atoms with Gasteiger partial charge in [-0.25, -0.2) is 4.79 Å². The molecule has 0 bridgehead atoms. The van der Waals surface area contributed by atoms with Gasteiger partial charge in [-0.05, 0) is 53.4 Å². The highest BCUT2D eigenvalue weighted by Crippen LogP contribution is 2.26. The molecule has 0 aromatic heterocycles. The molecule has 0 aliphatic carbocycles. The minimum atomic E-state index is -0.429. The Labute approximate surface area is 159 Å². The Bertz CT molecular complexity index is 866. The SMILES string of the molecule is CCOc1ccc(-c2ccc(-c3ccc(C(=O)OCCO)cc3)cc2)cc1. The van der Waals surface area contributed by atoms with Crippen LogP contribution in [0.2, 0.25) is 0 Å². The van der Waals surface area contributed by atoms with Crippen molar-refractivity contribution in [3.63, 3.8) is 0 Å². The summed E-state index contributed by atoms with van der Waals surface area (Å²) in [5.41, 5.74) is 4.82. The number of aliphatic hydroxyl groups is 1. The first kappa shape index (κ1) is 18.7. The number of esters is 1. The summed E-state index contributed by atoms with van der Waals surface area (Å²) in [5.74, 6) is 0.442. The van der Waals surface area contributed by atoms with E-state index in [2.05, 4.69) is 24.3 Å². The van der Waals surface area contributed by atoms with E-state index in [0.29, 0.717) is 12.2 Å². The van der Waals surface area contributed by atoms with E-state index in [9.17, 15) is 4.79 Å². The predicted molar refractivity (Wildman–Crippen MR) is 106 cm³/mol. The quantitative estimate of drug-likeness (QED) is 0.626. The number of carbonyl (C=O) groups is 1. The number of benzene rings is 3. The van der Waals surface area contributed by atoms with Gasteiger partial charge in [-0.2, -0.15) is 0 Å². The standard InChI is InChI=1S/C23H22O4/c1-2-26-22-13-11-20(12-14-22)18-5-3-17(4-6-18)19-7-9-21(10-8-19)23(25)27-16-15-24/h3-14,24H,2,15-16H2,1H3. The Balaban J connectivity index is 1.72. The summed E-state index contributed by atoms with van der Waals surface area (Å²) in [6.45, 7) is 2.46. The van der Waals surface area contributed by atoms with Crippen LogP contribution in [0.25, 0.3) is 22.3 Å². The van der Waals surface area contributed by atoms with Gasteiger partial charge in [0.05, 0.1) is 18.8 Å². The molecule has 0 heterocycles. The summed E-state index contributed by atoms with van der Waals surface area (Å²) in [4.78, 5) is 11.8. The molecule has 0 unspecified atom stereocenters. The van der Waals surface area contributed by atoms with E-state index in [0.717, 1.165) is 28.0 Å². The van der Waals surface area contributed by atoms with Crippen molar-refractivity contribution in [1.82, 2.24) is 0 Å². The minimum Gasteiger partial charge on any atom is -0.494 e. The van der Waals surface area contributed by atoms with Crippen LogP contribution in [0.15, 0.2) is 72.8 Å². The first-order chi connectivity index (χ1) is 13.2. The fraction of sp³-hybridized carbons (Fsp3) is 0.174. The fourth-order valence-corrected chi connectivity index (χ4v) is 2.79. The zero-order valence-corrected chi connectivity index (χ0v) is 15.2. The van der Waals surface area contributed by atoms with Crippen LogP contribution >= 0.6 is 0 Å². The number of hydrogen-bond donors (Lipinski definition) is 1. The van der Waals surface area contributed by atoms with Gasteiger partial charge in [-0.1, -0.05) is 48.5 Å². The molecule has 0 aliphatic heterocycles. The minimum absolute atomic E-state index is 0.00754. The zero-order valence-electron chi connectivity index (χ0n) is 15.2. The first-order valence-corrected chi connectivity index (χ1v) is 8.93. The van der Waals surface area contributed by atoms with Crippen molar-refractivity contribution in [2.24, 2.45) is 0 Å². The molecule has 0 aliphatic rings. The molecule has 3 aromatic rings. The highest BCUT2D eigenvalue weighted by Gasteiger charge is 2.07. The van der Waals surface area contributed by atoms with Crippen LogP contribution < -0.4 is 4.74 Å². The molecule has 0 fully saturated rings. The second-order valence-corrected chi connectivity index (χ2v) is 5.97. The van der Waals surface area contributed by atoms with Crippen LogP contribution in [-0.4, -0.2) is 30.9 Å². The van der Waals surface area contributed by atoms with Crippen molar-refractivity contribution in [3.8, 4) is 28.0 Å². The van der Waals surface area contributed by atoms with Crippen LogP contribution in [0.5, 0.6) is 5.75 Å². The smallest absolute Gasteiger partial charge is 0.338 e. The lowest BCUT2D eigenvalue weighted by Crippen LogP contribution is -2.08. The Morgan fingerprint density at radius 2 is 1.22 bits per heavy atom. The van der Waals surface area contributed by atoms with Gasteiger partial charge >= 0.3 is 5.97 Å². The van der Waals surface area contributed by atoms with Gasteiger partial charge in [-0.3, -0.25) is 0 Å². The average molecular weight is 362 g/mol. The number of aliphatic hydroxyl groups excluding tert-OH is 1. The summed E-state index contributed by atoms with van der Waals surface area (Å²) in [7, 11) is 0. The van der Waals surface area contributed by atoms with E-state index in [4.69, 9.17) is 14.6 Å². The third-order valence-electron chi connectivity index (χ3n) is 4.16. The molecule has 0 spiro atoms. The summed E-state index contributed by atoms with van der Waals surface area (Å²) >= 11 is 0. The third kappa shape index (κ3) is 4.74. The monoisotopic (exact) mass is 362 g/mol. The van der Waals surface area contributed by atoms with Crippen molar-refractivity contribution in [2.75, 3.05) is 19.8 Å². The van der Waals surface area contributed by atoms with E-state index in [1.54, 1.807) is 12.1 Å². The van der Waals surface area contributed by atoms with E-state index >= 15 is 0 Å². The van der Waals surface area contributed by atoms with Gasteiger partial charge in [0.1, 0.15) is 12.4 Å². The summed E-state index contributed by atoms with van der Waals surface area (Å²) in [5, 5.41) is 8.71. The largest absolute Gasteiger partial charge is 0.494 e. The van der Waals surface area contributed by atoms with Gasteiger partial charge in [0, 0.05) is 0 Å². The van der Waals surface area contributed by atoms with Crippen molar-refractivity contribution >= 4 is 5.97 Å². The van der Waals surface area contributed by atoms with Crippen LogP contribution in [0.1, 0.15) is 17.3 Å². The molecule has 3 aromatic carbocycles. The molecular formula is C23H22O4. The van der Waals surface area contributed by atoms with Crippen molar-refractivity contribution < 1.29 is 19.4 Å². The van der Waals surface area contributed by atoms with E-state index in [1.807, 2.05) is 43.3 Å². The van der Waals surface area contributed by atoms with Gasteiger partial charge in [0.15, 0.2) is 0 Å². The van der Waals surface area contributed by atoms with Crippen molar-refractivity contribution in [1.29, 1.82) is 0 Å². The van der Waals surface area contributed by atoms with Crippen molar-refractivity contribution in [2.45, 2.75) is 6.92 Å². The van der Waals surface area contributed by atoms with Crippen LogP contribution in [0.3, 0.4) is 0 Å². The Hall–Kier alpha value is -3.11. The highest BCUT2D eigenvalue weighted by molar-refractivity contribution is 5.90. The predicted octanol–water partition coefficient (Wildman–Crippen LogP) is 4.57. The van der Waals surface area contributed by atoms with E-state index in [-0.39, 0.29) is 13.2 Å². The highest BCUT2D eigenvalue weighted by atomic mass is 16.5. The average Bonchev–Trinajstić information content (AvgIpc) is 2.73. The maximum atomic E-state index is 11.8. The molecular weight excluding hydrogens is 340 g/mol. The lowest BCUT2D eigenvalue weighted by atomic mass is 9.99. The Morgan fingerprint density at radius 1 is 0.778 bits per heavy atom.